The molecule has 0 aliphatic carbocycles. The quantitative estimate of drug-likeness (QED) is 0.441. The van der Waals surface area contributed by atoms with Crippen LogP contribution in [0.5, 0.6) is 0 Å². The van der Waals surface area contributed by atoms with Crippen LogP contribution >= 0.6 is 10.7 Å². The fourth-order valence-electron chi connectivity index (χ4n) is 1.28. The van der Waals surface area contributed by atoms with Crippen molar-refractivity contribution < 1.29 is 21.8 Å². The molecule has 0 atom stereocenters. The van der Waals surface area contributed by atoms with E-state index in [0.29, 0.717) is 0 Å². The lowest BCUT2D eigenvalue weighted by atomic mass is 10.3. The second-order valence-corrected chi connectivity index (χ2v) is 8.52. The van der Waals surface area contributed by atoms with Crippen molar-refractivity contribution >= 4 is 35.3 Å². The monoisotopic (exact) mass is 328 g/mol. The Bertz CT molecular complexity index is 713. The van der Waals surface area contributed by atoms with Gasteiger partial charge in [0.25, 0.3) is 0 Å². The van der Waals surface area contributed by atoms with Crippen molar-refractivity contribution in [1.29, 1.82) is 0 Å². The first kappa shape index (κ1) is 15.8. The summed E-state index contributed by atoms with van der Waals surface area (Å²) in [5.41, 5.74) is -0.540. The van der Waals surface area contributed by atoms with Crippen LogP contribution in [-0.4, -0.2) is 38.2 Å². The summed E-state index contributed by atoms with van der Waals surface area (Å²) in [5.74, 6) is -1.71. The molecule has 19 heavy (non-hydrogen) atoms. The normalized spacial score (nSPS) is 12.3. The molecule has 0 unspecified atom stereocenters. The summed E-state index contributed by atoms with van der Waals surface area (Å²) in [6.45, 7) is 1.36. The second-order valence-electron chi connectivity index (χ2n) is 3.60. The van der Waals surface area contributed by atoms with Gasteiger partial charge in [-0.2, -0.15) is 0 Å². The summed E-state index contributed by atoms with van der Waals surface area (Å²) in [6, 6.07) is 1.29. The van der Waals surface area contributed by atoms with Gasteiger partial charge in [-0.25, -0.2) is 21.8 Å². The third-order valence-corrected chi connectivity index (χ3v) is 5.21. The van der Waals surface area contributed by atoms with E-state index in [4.69, 9.17) is 10.7 Å². The van der Waals surface area contributed by atoms with Crippen LogP contribution in [0.15, 0.2) is 17.3 Å². The first-order valence-electron chi connectivity index (χ1n) is 4.80. The molecule has 11 heteroatoms. The third kappa shape index (κ3) is 4.11. The number of nitro groups is 1. The number of halogens is 1. The van der Waals surface area contributed by atoms with Gasteiger partial charge in [-0.3, -0.25) is 10.1 Å². The lowest BCUT2D eigenvalue weighted by molar-refractivity contribution is -0.388. The topological polar surface area (TPSA) is 124 Å². The zero-order valence-corrected chi connectivity index (χ0v) is 12.0. The van der Waals surface area contributed by atoms with Gasteiger partial charge in [0.15, 0.2) is 0 Å². The molecule has 1 rings (SSSR count). The summed E-state index contributed by atoms with van der Waals surface area (Å²) in [7, 11) is -3.31. The summed E-state index contributed by atoms with van der Waals surface area (Å²) in [6.07, 6.45) is 1.10. The zero-order chi connectivity index (χ0) is 14.8. The van der Waals surface area contributed by atoms with Gasteiger partial charge in [0.05, 0.1) is 16.4 Å². The molecular weight excluding hydrogens is 320 g/mol. The van der Waals surface area contributed by atoms with Crippen LogP contribution in [0.1, 0.15) is 5.56 Å². The maximum Gasteiger partial charge on any atom is 0.309 e. The van der Waals surface area contributed by atoms with Crippen molar-refractivity contribution in [2.24, 2.45) is 0 Å². The van der Waals surface area contributed by atoms with Gasteiger partial charge < -0.3 is 0 Å². The molecule has 0 saturated heterocycles. The molecule has 0 spiro atoms. The highest BCUT2D eigenvalue weighted by atomic mass is 35.7. The number of hydrogen-bond donors (Lipinski definition) is 0. The Labute approximate surface area is 113 Å². The van der Waals surface area contributed by atoms with E-state index in [1.165, 1.54) is 13.0 Å². The van der Waals surface area contributed by atoms with E-state index >= 15 is 0 Å². The third-order valence-electron chi connectivity index (χ3n) is 2.17. The zero-order valence-electron chi connectivity index (χ0n) is 9.61. The largest absolute Gasteiger partial charge is 0.309 e. The lowest BCUT2D eigenvalue weighted by Crippen LogP contribution is -2.17. The van der Waals surface area contributed by atoms with Crippen molar-refractivity contribution in [3.05, 3.63) is 27.9 Å². The summed E-state index contributed by atoms with van der Waals surface area (Å²) in [4.78, 5) is 13.4. The van der Waals surface area contributed by atoms with Crippen LogP contribution in [-0.2, 0) is 18.9 Å². The Morgan fingerprint density at radius 3 is 2.37 bits per heavy atom. The Hall–Kier alpha value is -1.26. The first-order valence-corrected chi connectivity index (χ1v) is 8.93. The van der Waals surface area contributed by atoms with Gasteiger partial charge in [-0.15, -0.1) is 0 Å². The minimum Gasteiger partial charge on any atom is -0.258 e. The number of aromatic nitrogens is 1. The minimum absolute atomic E-state index is 0.118. The predicted octanol–water partition coefficient (Wildman–Crippen LogP) is 0.641. The van der Waals surface area contributed by atoms with Crippen LogP contribution < -0.4 is 0 Å². The number of rotatable bonds is 5. The Morgan fingerprint density at radius 2 is 1.89 bits per heavy atom. The molecule has 0 saturated carbocycles. The molecular formula is C8H9ClN2O6S2. The first-order chi connectivity index (χ1) is 8.54. The van der Waals surface area contributed by atoms with Gasteiger partial charge >= 0.3 is 5.69 Å². The molecule has 1 heterocycles. The highest BCUT2D eigenvalue weighted by molar-refractivity contribution is 8.14. The van der Waals surface area contributed by atoms with Gasteiger partial charge in [0, 0.05) is 22.4 Å². The van der Waals surface area contributed by atoms with Crippen LogP contribution in [0.25, 0.3) is 0 Å². The van der Waals surface area contributed by atoms with Crippen molar-refractivity contribution in [2.45, 2.75) is 11.9 Å². The molecule has 0 aliphatic heterocycles. The fraction of sp³-hybridized carbons (Fsp3) is 0.375. The van der Waals surface area contributed by atoms with Crippen molar-refractivity contribution in [2.75, 3.05) is 11.5 Å². The molecule has 0 amide bonds. The van der Waals surface area contributed by atoms with Gasteiger partial charge in [0.2, 0.25) is 23.9 Å². The Kier molecular flexibility index (Phi) is 4.48. The van der Waals surface area contributed by atoms with Crippen molar-refractivity contribution in [3.8, 4) is 0 Å². The number of nitrogens with zero attached hydrogens (tertiary/aromatic N) is 2. The van der Waals surface area contributed by atoms with E-state index in [9.17, 15) is 26.9 Å². The molecule has 0 radical (unpaired) electrons. The fourth-order valence-corrected chi connectivity index (χ4v) is 4.47. The van der Waals surface area contributed by atoms with E-state index in [1.54, 1.807) is 0 Å². The molecule has 0 bridgehead atoms. The molecule has 1 aromatic heterocycles. The standard InChI is InChI=1S/C8H9ClN2O6S2/c1-6-2-3-10-8(7(6)11(12)13)18(14,15)4-5-19(9,16)17/h2-3H,4-5H2,1H3. The Balaban J connectivity index is 3.30. The predicted molar refractivity (Wildman–Crippen MR) is 67.3 cm³/mol. The SMILES string of the molecule is Cc1ccnc(S(=O)(=O)CCS(=O)(=O)Cl)c1[N+](=O)[O-]. The highest BCUT2D eigenvalue weighted by Gasteiger charge is 2.30. The Morgan fingerprint density at radius 1 is 1.32 bits per heavy atom. The number of aryl methyl sites for hydroxylation is 1. The summed E-state index contributed by atoms with van der Waals surface area (Å²) < 4.78 is 45.2. The molecule has 0 N–H and O–H groups in total. The van der Waals surface area contributed by atoms with E-state index in [0.717, 1.165) is 6.20 Å². The number of sulfone groups is 1. The average Bonchev–Trinajstić information content (AvgIpc) is 2.25. The molecule has 8 nitrogen and oxygen atoms in total. The van der Waals surface area contributed by atoms with Crippen molar-refractivity contribution in [1.82, 2.24) is 4.98 Å². The van der Waals surface area contributed by atoms with Crippen LogP contribution in [0, 0.1) is 17.0 Å². The van der Waals surface area contributed by atoms with E-state index in [1.807, 2.05) is 0 Å². The molecule has 106 valence electrons. The molecule has 0 aliphatic rings. The van der Waals surface area contributed by atoms with Gasteiger partial charge in [-0.1, -0.05) is 0 Å². The van der Waals surface area contributed by atoms with Gasteiger partial charge in [-0.05, 0) is 13.0 Å². The smallest absolute Gasteiger partial charge is 0.258 e. The maximum atomic E-state index is 11.9. The highest BCUT2D eigenvalue weighted by Crippen LogP contribution is 2.26. The number of pyridine rings is 1. The van der Waals surface area contributed by atoms with Gasteiger partial charge in [0.1, 0.15) is 0 Å². The average molecular weight is 329 g/mol. The van der Waals surface area contributed by atoms with Crippen LogP contribution in [0.3, 0.4) is 0 Å². The second kappa shape index (κ2) is 5.39. The van der Waals surface area contributed by atoms with E-state index < -0.39 is 46.0 Å². The molecule has 0 aromatic carbocycles. The van der Waals surface area contributed by atoms with Crippen LogP contribution in [0.4, 0.5) is 5.69 Å². The van der Waals surface area contributed by atoms with Crippen molar-refractivity contribution in [3.63, 3.8) is 0 Å². The minimum atomic E-state index is -4.21. The van der Waals surface area contributed by atoms with Crippen LogP contribution in [0.2, 0.25) is 0 Å². The number of hydrogen-bond acceptors (Lipinski definition) is 7. The van der Waals surface area contributed by atoms with E-state index in [-0.39, 0.29) is 5.56 Å². The van der Waals surface area contributed by atoms with E-state index in [2.05, 4.69) is 4.98 Å². The summed E-state index contributed by atoms with van der Waals surface area (Å²) >= 11 is 0. The maximum absolute atomic E-state index is 11.9. The lowest BCUT2D eigenvalue weighted by Gasteiger charge is -2.04. The molecule has 1 aromatic rings. The summed E-state index contributed by atoms with van der Waals surface area (Å²) in [5, 5.41) is 10.1. The molecule has 0 fully saturated rings.